The number of ether oxygens (including phenoxy) is 1. The number of nitrogens with one attached hydrogen (secondary N) is 1. The smallest absolute Gasteiger partial charge is 0.285 e. The van der Waals surface area contributed by atoms with E-state index in [1.54, 1.807) is 12.3 Å². The summed E-state index contributed by atoms with van der Waals surface area (Å²) in [5.41, 5.74) is 7.23. The van der Waals surface area contributed by atoms with E-state index in [0.717, 1.165) is 11.6 Å². The van der Waals surface area contributed by atoms with Crippen LogP contribution in [0.1, 0.15) is 17.2 Å². The highest BCUT2D eigenvalue weighted by Gasteiger charge is 2.22. The zero-order valence-electron chi connectivity index (χ0n) is 12.3. The topological polar surface area (TPSA) is 72.5 Å². The van der Waals surface area contributed by atoms with Crippen LogP contribution in [0.5, 0.6) is 0 Å². The van der Waals surface area contributed by atoms with Gasteiger partial charge in [-0.05, 0) is 24.1 Å². The minimum Gasteiger partial charge on any atom is -0.463 e. The van der Waals surface area contributed by atoms with Gasteiger partial charge in [0.05, 0.1) is 18.3 Å². The van der Waals surface area contributed by atoms with Crippen LogP contribution in [0.25, 0.3) is 0 Å². The maximum atomic E-state index is 14.2. The molecule has 1 unspecified atom stereocenters. The van der Waals surface area contributed by atoms with E-state index in [-0.39, 0.29) is 5.56 Å². The van der Waals surface area contributed by atoms with Crippen LogP contribution in [0.15, 0.2) is 41.7 Å². The van der Waals surface area contributed by atoms with Gasteiger partial charge in [-0.2, -0.15) is 0 Å². The molecule has 0 bridgehead atoms. The van der Waals surface area contributed by atoms with E-state index in [4.69, 9.17) is 10.5 Å². The fourth-order valence-corrected chi connectivity index (χ4v) is 2.45. The second-order valence-electron chi connectivity index (χ2n) is 5.21. The molecule has 0 saturated heterocycles. The van der Waals surface area contributed by atoms with E-state index in [0.29, 0.717) is 31.3 Å². The van der Waals surface area contributed by atoms with Gasteiger partial charge in [-0.25, -0.2) is 13.8 Å². The van der Waals surface area contributed by atoms with E-state index in [1.807, 2.05) is 0 Å². The third-order valence-electron chi connectivity index (χ3n) is 3.50. The Hall–Kier alpha value is -2.70. The Balaban J connectivity index is 1.91. The molecule has 0 spiro atoms. The summed E-state index contributed by atoms with van der Waals surface area (Å²) in [5, 5.41) is 3.02. The van der Waals surface area contributed by atoms with Crippen LogP contribution in [0.3, 0.4) is 0 Å². The summed E-state index contributed by atoms with van der Waals surface area (Å²) in [5.74, 6) is -1.78. The Morgan fingerprint density at radius 2 is 2.17 bits per heavy atom. The Morgan fingerprint density at radius 3 is 2.91 bits per heavy atom. The lowest BCUT2D eigenvalue weighted by Crippen LogP contribution is -2.31. The second kappa shape index (κ2) is 6.60. The molecule has 3 rings (SSSR count). The molecule has 23 heavy (non-hydrogen) atoms. The van der Waals surface area contributed by atoms with Crippen molar-refractivity contribution in [3.8, 4) is 0 Å². The highest BCUT2D eigenvalue weighted by molar-refractivity contribution is 5.75. The zero-order chi connectivity index (χ0) is 16.2. The molecule has 2 aromatic rings. The Bertz CT molecular complexity index is 736. The molecular weight excluding hydrogens is 302 g/mol. The summed E-state index contributed by atoms with van der Waals surface area (Å²) in [6.07, 6.45) is 3.53. The van der Waals surface area contributed by atoms with Crippen molar-refractivity contribution in [1.82, 2.24) is 10.3 Å². The monoisotopic (exact) mass is 318 g/mol. The predicted octanol–water partition coefficient (Wildman–Crippen LogP) is 2.20. The lowest BCUT2D eigenvalue weighted by atomic mass is 9.99. The average molecular weight is 318 g/mol. The van der Waals surface area contributed by atoms with Gasteiger partial charge in [0.25, 0.3) is 6.02 Å². The number of amidine groups is 1. The third kappa shape index (κ3) is 3.56. The number of nitrogens with zero attached hydrogens (tertiary/aromatic N) is 2. The van der Waals surface area contributed by atoms with E-state index >= 15 is 0 Å². The number of anilines is 1. The average Bonchev–Trinajstić information content (AvgIpc) is 3.02. The first-order chi connectivity index (χ1) is 11.1. The molecule has 0 amide bonds. The molecule has 0 fully saturated rings. The SMILES string of the molecule is Nc1cncc(CC(NC2=NCCO2)c2cccc(F)c2F)c1. The summed E-state index contributed by atoms with van der Waals surface area (Å²) in [7, 11) is 0. The summed E-state index contributed by atoms with van der Waals surface area (Å²) in [6.45, 7) is 1.01. The largest absolute Gasteiger partial charge is 0.463 e. The van der Waals surface area contributed by atoms with Crippen LogP contribution >= 0.6 is 0 Å². The molecule has 0 radical (unpaired) electrons. The van der Waals surface area contributed by atoms with Crippen LogP contribution in [0, 0.1) is 11.6 Å². The van der Waals surface area contributed by atoms with Crippen LogP contribution < -0.4 is 11.1 Å². The summed E-state index contributed by atoms with van der Waals surface area (Å²) in [4.78, 5) is 8.16. The molecule has 7 heteroatoms. The molecule has 120 valence electrons. The van der Waals surface area contributed by atoms with Gasteiger partial charge in [0, 0.05) is 18.0 Å². The normalized spacial score (nSPS) is 15.0. The van der Waals surface area contributed by atoms with E-state index in [2.05, 4.69) is 15.3 Å². The lowest BCUT2D eigenvalue weighted by molar-refractivity contribution is 0.323. The number of nitrogens with two attached hydrogens (primary N) is 1. The fraction of sp³-hybridized carbons (Fsp3) is 0.250. The van der Waals surface area contributed by atoms with E-state index in [9.17, 15) is 8.78 Å². The number of nitrogen functional groups attached to an aromatic ring is 1. The van der Waals surface area contributed by atoms with Crippen molar-refractivity contribution in [2.75, 3.05) is 18.9 Å². The number of hydrogen-bond acceptors (Lipinski definition) is 5. The molecule has 3 N–H and O–H groups in total. The van der Waals surface area contributed by atoms with Crippen LogP contribution in [0.4, 0.5) is 14.5 Å². The molecule has 0 aliphatic carbocycles. The quantitative estimate of drug-likeness (QED) is 0.906. The summed E-state index contributed by atoms with van der Waals surface area (Å²) >= 11 is 0. The molecule has 0 saturated carbocycles. The highest BCUT2D eigenvalue weighted by Crippen LogP contribution is 2.24. The highest BCUT2D eigenvalue weighted by atomic mass is 19.2. The van der Waals surface area contributed by atoms with Gasteiger partial charge in [-0.1, -0.05) is 12.1 Å². The first-order valence-electron chi connectivity index (χ1n) is 7.20. The van der Waals surface area contributed by atoms with Crippen molar-refractivity contribution < 1.29 is 13.5 Å². The Labute approximate surface area is 132 Å². The molecule has 2 heterocycles. The number of aromatic nitrogens is 1. The maximum Gasteiger partial charge on any atom is 0.285 e. The number of aliphatic imine (C=N–C) groups is 1. The predicted molar refractivity (Wildman–Crippen MR) is 82.8 cm³/mol. The minimum atomic E-state index is -0.894. The number of rotatable bonds is 4. The van der Waals surface area contributed by atoms with Crippen molar-refractivity contribution in [1.29, 1.82) is 0 Å². The van der Waals surface area contributed by atoms with E-state index in [1.165, 1.54) is 18.3 Å². The van der Waals surface area contributed by atoms with Crippen LogP contribution in [-0.2, 0) is 11.2 Å². The van der Waals surface area contributed by atoms with Crippen molar-refractivity contribution in [2.45, 2.75) is 12.5 Å². The van der Waals surface area contributed by atoms with Gasteiger partial charge in [-0.15, -0.1) is 0 Å². The van der Waals surface area contributed by atoms with Gasteiger partial charge in [0.1, 0.15) is 6.61 Å². The van der Waals surface area contributed by atoms with Gasteiger partial charge < -0.3 is 15.8 Å². The maximum absolute atomic E-state index is 14.2. The van der Waals surface area contributed by atoms with E-state index < -0.39 is 17.7 Å². The van der Waals surface area contributed by atoms with Crippen LogP contribution in [0.2, 0.25) is 0 Å². The Kier molecular flexibility index (Phi) is 4.36. The van der Waals surface area contributed by atoms with Gasteiger partial charge in [-0.3, -0.25) is 4.98 Å². The molecule has 1 atom stereocenters. The first-order valence-corrected chi connectivity index (χ1v) is 7.20. The number of benzene rings is 1. The zero-order valence-corrected chi connectivity index (χ0v) is 12.3. The summed E-state index contributed by atoms with van der Waals surface area (Å²) in [6, 6.07) is 5.61. The summed E-state index contributed by atoms with van der Waals surface area (Å²) < 4.78 is 33.0. The first kappa shape index (κ1) is 15.2. The molecular formula is C16H16F2N4O. The van der Waals surface area contributed by atoms with Gasteiger partial charge >= 0.3 is 0 Å². The molecule has 1 aliphatic heterocycles. The van der Waals surface area contributed by atoms with Crippen LogP contribution in [-0.4, -0.2) is 24.2 Å². The Morgan fingerprint density at radius 1 is 1.30 bits per heavy atom. The van der Waals surface area contributed by atoms with Crippen molar-refractivity contribution >= 4 is 11.7 Å². The van der Waals surface area contributed by atoms with Crippen molar-refractivity contribution in [2.24, 2.45) is 4.99 Å². The lowest BCUT2D eigenvalue weighted by Gasteiger charge is -2.20. The number of pyridine rings is 1. The van der Waals surface area contributed by atoms with Crippen molar-refractivity contribution in [3.05, 3.63) is 59.4 Å². The number of halogens is 2. The standard InChI is InChI=1S/C16H16F2N4O/c17-13-3-1-2-12(15(13)18)14(22-16-21-4-5-23-16)7-10-6-11(19)9-20-8-10/h1-3,6,8-9,14H,4-5,7,19H2,(H,21,22). The molecule has 5 nitrogen and oxygen atoms in total. The molecule has 1 aromatic heterocycles. The molecule has 1 aromatic carbocycles. The number of hydrogen-bond donors (Lipinski definition) is 2. The van der Waals surface area contributed by atoms with Gasteiger partial charge in [0.15, 0.2) is 11.6 Å². The van der Waals surface area contributed by atoms with Gasteiger partial charge in [0.2, 0.25) is 0 Å². The second-order valence-corrected chi connectivity index (χ2v) is 5.21. The third-order valence-corrected chi connectivity index (χ3v) is 3.50. The fourth-order valence-electron chi connectivity index (χ4n) is 2.45. The molecule has 1 aliphatic rings. The minimum absolute atomic E-state index is 0.200. The van der Waals surface area contributed by atoms with Crippen molar-refractivity contribution in [3.63, 3.8) is 0 Å².